The first-order chi connectivity index (χ1) is 14.9. The van der Waals surface area contributed by atoms with Crippen LogP contribution in [0.1, 0.15) is 27.0 Å². The second kappa shape index (κ2) is 8.39. The lowest BCUT2D eigenvalue weighted by molar-refractivity contribution is 0.0951. The number of carbonyl (C=O) groups is 1. The Hall–Kier alpha value is -4.00. The molecular weight excluding hydrogens is 397 g/mol. The lowest BCUT2D eigenvalue weighted by Gasteiger charge is -2.13. The number of aryl methyl sites for hydroxylation is 1. The maximum absolute atomic E-state index is 13.5. The van der Waals surface area contributed by atoms with E-state index in [2.05, 4.69) is 10.3 Å². The van der Waals surface area contributed by atoms with Crippen LogP contribution < -0.4 is 10.9 Å². The number of nitrogens with zero attached hydrogens (tertiary/aromatic N) is 2. The van der Waals surface area contributed by atoms with Crippen LogP contribution in [0.4, 0.5) is 4.39 Å². The van der Waals surface area contributed by atoms with E-state index in [4.69, 9.17) is 0 Å². The van der Waals surface area contributed by atoms with Crippen LogP contribution in [0.15, 0.2) is 71.8 Å². The third-order valence-corrected chi connectivity index (χ3v) is 5.20. The normalized spacial score (nSPS) is 10.9. The first kappa shape index (κ1) is 20.3. The van der Waals surface area contributed by atoms with Crippen molar-refractivity contribution in [3.05, 3.63) is 105 Å². The fourth-order valence-corrected chi connectivity index (χ4v) is 3.53. The Bertz CT molecular complexity index is 1330. The molecule has 4 rings (SSSR count). The molecule has 0 fully saturated rings. The number of hydrogen-bond acceptors (Lipinski definition) is 4. The summed E-state index contributed by atoms with van der Waals surface area (Å²) >= 11 is 0. The van der Waals surface area contributed by atoms with Crippen LogP contribution in [0.25, 0.3) is 10.9 Å². The molecule has 0 spiro atoms. The summed E-state index contributed by atoms with van der Waals surface area (Å²) in [5.41, 5.74) is 2.10. The topological polar surface area (TPSA) is 84.2 Å². The zero-order chi connectivity index (χ0) is 22.0. The van der Waals surface area contributed by atoms with Gasteiger partial charge in [0.2, 0.25) is 0 Å². The Morgan fingerprint density at radius 3 is 2.61 bits per heavy atom. The summed E-state index contributed by atoms with van der Waals surface area (Å²) in [6.07, 6.45) is 3.37. The largest absolute Gasteiger partial charge is 0.507 e. The van der Waals surface area contributed by atoms with Gasteiger partial charge in [-0.05, 0) is 53.6 Å². The first-order valence-corrected chi connectivity index (χ1v) is 9.70. The Kier molecular flexibility index (Phi) is 5.49. The van der Waals surface area contributed by atoms with Crippen molar-refractivity contribution >= 4 is 16.8 Å². The quantitative estimate of drug-likeness (QED) is 0.522. The number of nitrogens with one attached hydrogen (secondary N) is 1. The lowest BCUT2D eigenvalue weighted by Crippen LogP contribution is -2.24. The number of amides is 1. The molecule has 0 atom stereocenters. The van der Waals surface area contributed by atoms with E-state index in [-0.39, 0.29) is 29.2 Å². The van der Waals surface area contributed by atoms with E-state index in [9.17, 15) is 19.1 Å². The molecule has 0 unspecified atom stereocenters. The highest BCUT2D eigenvalue weighted by molar-refractivity contribution is 5.99. The standard InChI is InChI=1S/C24H20FN3O3/c1-28-21-6-5-17(23(30)27-14-15-7-9-26-10-8-15)13-19(21)22(29)20(24(28)31)12-16-3-2-4-18(25)11-16/h2-11,13,29H,12,14H2,1H3,(H,27,30). The molecule has 2 aromatic heterocycles. The van der Waals surface area contributed by atoms with Crippen LogP contribution in [0.3, 0.4) is 0 Å². The van der Waals surface area contributed by atoms with E-state index < -0.39 is 5.82 Å². The van der Waals surface area contributed by atoms with E-state index in [1.165, 1.54) is 16.7 Å². The van der Waals surface area contributed by atoms with Gasteiger partial charge in [0.05, 0.1) is 11.1 Å². The summed E-state index contributed by atoms with van der Waals surface area (Å²) in [4.78, 5) is 29.4. The molecule has 0 aliphatic heterocycles. The van der Waals surface area contributed by atoms with Gasteiger partial charge in [-0.25, -0.2) is 4.39 Å². The van der Waals surface area contributed by atoms with Crippen molar-refractivity contribution in [2.24, 2.45) is 7.05 Å². The number of benzene rings is 2. The molecule has 7 heteroatoms. The van der Waals surface area contributed by atoms with Gasteiger partial charge in [-0.1, -0.05) is 12.1 Å². The minimum Gasteiger partial charge on any atom is -0.507 e. The molecule has 0 radical (unpaired) electrons. The maximum Gasteiger partial charge on any atom is 0.258 e. The zero-order valence-corrected chi connectivity index (χ0v) is 16.8. The van der Waals surface area contributed by atoms with Gasteiger partial charge in [-0.15, -0.1) is 0 Å². The Morgan fingerprint density at radius 2 is 1.87 bits per heavy atom. The Morgan fingerprint density at radius 1 is 1.10 bits per heavy atom. The molecule has 0 aliphatic carbocycles. The summed E-state index contributed by atoms with van der Waals surface area (Å²) in [6, 6.07) is 14.3. The van der Waals surface area contributed by atoms with Crippen LogP contribution in [0.5, 0.6) is 5.75 Å². The molecular formula is C24H20FN3O3. The van der Waals surface area contributed by atoms with E-state index >= 15 is 0 Å². The van der Waals surface area contributed by atoms with Gasteiger partial charge in [0, 0.05) is 43.4 Å². The van der Waals surface area contributed by atoms with Crippen LogP contribution in [0.2, 0.25) is 0 Å². The first-order valence-electron chi connectivity index (χ1n) is 9.70. The SMILES string of the molecule is Cn1c(=O)c(Cc2cccc(F)c2)c(O)c2cc(C(=O)NCc3ccncc3)ccc21. The average Bonchev–Trinajstić information content (AvgIpc) is 2.79. The van der Waals surface area contributed by atoms with Gasteiger partial charge < -0.3 is 15.0 Å². The smallest absolute Gasteiger partial charge is 0.258 e. The van der Waals surface area contributed by atoms with Crippen LogP contribution in [-0.4, -0.2) is 20.6 Å². The second-order valence-corrected chi connectivity index (χ2v) is 7.27. The number of rotatable bonds is 5. The van der Waals surface area contributed by atoms with Crippen molar-refractivity contribution in [2.75, 3.05) is 0 Å². The molecule has 0 aliphatic rings. The van der Waals surface area contributed by atoms with Gasteiger partial charge in [0.15, 0.2) is 0 Å². The fraction of sp³-hybridized carbons (Fsp3) is 0.125. The van der Waals surface area contributed by atoms with Gasteiger partial charge >= 0.3 is 0 Å². The highest BCUT2D eigenvalue weighted by Crippen LogP contribution is 2.28. The number of hydrogen-bond donors (Lipinski definition) is 2. The number of aromatic hydroxyl groups is 1. The van der Waals surface area contributed by atoms with Gasteiger partial charge in [0.1, 0.15) is 11.6 Å². The van der Waals surface area contributed by atoms with E-state index in [0.717, 1.165) is 5.56 Å². The Labute approximate surface area is 177 Å². The summed E-state index contributed by atoms with van der Waals surface area (Å²) < 4.78 is 15.0. The second-order valence-electron chi connectivity index (χ2n) is 7.27. The number of carbonyl (C=O) groups excluding carboxylic acids is 1. The monoisotopic (exact) mass is 417 g/mol. The van der Waals surface area contributed by atoms with Crippen molar-refractivity contribution < 1.29 is 14.3 Å². The summed E-state index contributed by atoms with van der Waals surface area (Å²) in [6.45, 7) is 0.337. The van der Waals surface area contributed by atoms with Gasteiger partial charge in [-0.2, -0.15) is 0 Å². The van der Waals surface area contributed by atoms with Crippen molar-refractivity contribution in [3.8, 4) is 5.75 Å². The molecule has 0 saturated heterocycles. The zero-order valence-electron chi connectivity index (χ0n) is 16.8. The number of halogens is 1. The van der Waals surface area contributed by atoms with Crippen LogP contribution in [0, 0.1) is 5.82 Å². The van der Waals surface area contributed by atoms with E-state index in [0.29, 0.717) is 28.6 Å². The van der Waals surface area contributed by atoms with Gasteiger partial charge in [-0.3, -0.25) is 14.6 Å². The molecule has 2 heterocycles. The molecule has 4 aromatic rings. The van der Waals surface area contributed by atoms with Crippen molar-refractivity contribution in [1.82, 2.24) is 14.9 Å². The molecule has 2 aromatic carbocycles. The average molecular weight is 417 g/mol. The molecule has 0 saturated carbocycles. The van der Waals surface area contributed by atoms with Crippen LogP contribution >= 0.6 is 0 Å². The van der Waals surface area contributed by atoms with Crippen molar-refractivity contribution in [1.29, 1.82) is 0 Å². The molecule has 1 amide bonds. The minimum absolute atomic E-state index is 0.0741. The molecule has 2 N–H and O–H groups in total. The molecule has 6 nitrogen and oxygen atoms in total. The molecule has 0 bridgehead atoms. The van der Waals surface area contributed by atoms with E-state index in [1.807, 2.05) is 0 Å². The fourth-order valence-electron chi connectivity index (χ4n) is 3.53. The minimum atomic E-state index is -0.414. The van der Waals surface area contributed by atoms with Gasteiger partial charge in [0.25, 0.3) is 11.5 Å². The van der Waals surface area contributed by atoms with Crippen LogP contribution in [-0.2, 0) is 20.0 Å². The third-order valence-electron chi connectivity index (χ3n) is 5.20. The van der Waals surface area contributed by atoms with E-state index in [1.54, 1.807) is 61.9 Å². The number of pyridine rings is 2. The highest BCUT2D eigenvalue weighted by atomic mass is 19.1. The summed E-state index contributed by atoms with van der Waals surface area (Å²) in [5, 5.41) is 14.1. The molecule has 31 heavy (non-hydrogen) atoms. The summed E-state index contributed by atoms with van der Waals surface area (Å²) in [5.74, 6) is -0.924. The van der Waals surface area contributed by atoms with Crippen molar-refractivity contribution in [3.63, 3.8) is 0 Å². The lowest BCUT2D eigenvalue weighted by atomic mass is 10.0. The Balaban J connectivity index is 1.69. The highest BCUT2D eigenvalue weighted by Gasteiger charge is 2.17. The predicted octanol–water partition coefficient (Wildman–Crippen LogP) is 3.30. The number of aromatic nitrogens is 2. The predicted molar refractivity (Wildman–Crippen MR) is 115 cm³/mol. The third kappa shape index (κ3) is 4.16. The maximum atomic E-state index is 13.5. The summed E-state index contributed by atoms with van der Waals surface area (Å²) in [7, 11) is 1.60. The van der Waals surface area contributed by atoms with Crippen molar-refractivity contribution in [2.45, 2.75) is 13.0 Å². The number of fused-ring (bicyclic) bond motifs is 1. The molecule has 156 valence electrons.